The molecule has 1 saturated heterocycles. The van der Waals surface area contributed by atoms with Crippen molar-refractivity contribution in [3.8, 4) is 5.75 Å². The van der Waals surface area contributed by atoms with Crippen molar-refractivity contribution < 1.29 is 9.53 Å². The van der Waals surface area contributed by atoms with Crippen LogP contribution < -0.4 is 10.1 Å². The van der Waals surface area contributed by atoms with E-state index in [1.807, 2.05) is 12.1 Å². The van der Waals surface area contributed by atoms with Gasteiger partial charge in [0.25, 0.3) is 0 Å². The Morgan fingerprint density at radius 3 is 2.18 bits per heavy atom. The Morgan fingerprint density at radius 2 is 1.64 bits per heavy atom. The Morgan fingerprint density at radius 1 is 1.05 bits per heavy atom. The average Bonchev–Trinajstić information content (AvgIpc) is 3.01. The number of hydrogen-bond donors (Lipinski definition) is 1. The minimum absolute atomic E-state index is 0. The van der Waals surface area contributed by atoms with Gasteiger partial charge in [0, 0.05) is 22.7 Å². The summed E-state index contributed by atoms with van der Waals surface area (Å²) >= 11 is 5.83. The van der Waals surface area contributed by atoms with Crippen LogP contribution in [-0.4, -0.2) is 25.0 Å². The zero-order valence-electron chi connectivity index (χ0n) is 11.9. The minimum atomic E-state index is -0.0132. The minimum Gasteiger partial charge on any atom is -0.489 e. The molecule has 1 heterocycles. The van der Waals surface area contributed by atoms with Gasteiger partial charge in [0.2, 0.25) is 0 Å². The van der Waals surface area contributed by atoms with E-state index in [2.05, 4.69) is 5.32 Å². The molecule has 2 aromatic carbocycles. The molecule has 116 valence electrons. The molecule has 22 heavy (non-hydrogen) atoms. The van der Waals surface area contributed by atoms with Gasteiger partial charge in [0.05, 0.1) is 0 Å². The average molecular weight is 338 g/mol. The van der Waals surface area contributed by atoms with Gasteiger partial charge in [-0.2, -0.15) is 0 Å². The highest BCUT2D eigenvalue weighted by Gasteiger charge is 2.16. The van der Waals surface area contributed by atoms with Gasteiger partial charge in [-0.1, -0.05) is 11.6 Å². The maximum atomic E-state index is 12.3. The normalized spacial score (nSPS) is 16.9. The van der Waals surface area contributed by atoms with Gasteiger partial charge < -0.3 is 10.1 Å². The van der Waals surface area contributed by atoms with Crippen LogP contribution in [0, 0.1) is 0 Å². The van der Waals surface area contributed by atoms with Crippen LogP contribution in [0.25, 0.3) is 0 Å². The number of ketones is 1. The van der Waals surface area contributed by atoms with E-state index in [1.54, 1.807) is 36.4 Å². The molecular formula is C17H17Cl2NO2. The van der Waals surface area contributed by atoms with E-state index in [1.165, 1.54) is 0 Å². The fraction of sp³-hybridized carbons (Fsp3) is 0.235. The van der Waals surface area contributed by atoms with E-state index < -0.39 is 0 Å². The molecule has 0 radical (unpaired) electrons. The Kier molecular flexibility index (Phi) is 5.83. The molecule has 3 nitrogen and oxygen atoms in total. The molecule has 1 unspecified atom stereocenters. The van der Waals surface area contributed by atoms with E-state index in [-0.39, 0.29) is 24.3 Å². The molecule has 0 bridgehead atoms. The summed E-state index contributed by atoms with van der Waals surface area (Å²) in [6.07, 6.45) is 1.24. The standard InChI is InChI=1S/C17H16ClNO2.ClH/c18-14-5-1-12(2-6-14)17(20)13-3-7-15(8-4-13)21-16-9-10-19-11-16;/h1-8,16,19H,9-11H2;1H. The van der Waals surface area contributed by atoms with Crippen LogP contribution in [0.3, 0.4) is 0 Å². The first-order valence-corrected chi connectivity index (χ1v) is 7.38. The van der Waals surface area contributed by atoms with Gasteiger partial charge in [-0.3, -0.25) is 4.79 Å². The quantitative estimate of drug-likeness (QED) is 0.864. The number of carbonyl (C=O) groups excluding carboxylic acids is 1. The summed E-state index contributed by atoms with van der Waals surface area (Å²) in [4.78, 5) is 12.3. The summed E-state index contributed by atoms with van der Waals surface area (Å²) in [7, 11) is 0. The lowest BCUT2D eigenvalue weighted by molar-refractivity contribution is 0.103. The number of carbonyl (C=O) groups is 1. The number of nitrogens with one attached hydrogen (secondary N) is 1. The SMILES string of the molecule is Cl.O=C(c1ccc(Cl)cc1)c1ccc(OC2CCNC2)cc1. The lowest BCUT2D eigenvalue weighted by Crippen LogP contribution is -2.19. The number of ether oxygens (including phenoxy) is 1. The van der Waals surface area contributed by atoms with Crippen molar-refractivity contribution in [3.63, 3.8) is 0 Å². The third-order valence-corrected chi connectivity index (χ3v) is 3.79. The fourth-order valence-corrected chi connectivity index (χ4v) is 2.50. The zero-order chi connectivity index (χ0) is 14.7. The van der Waals surface area contributed by atoms with E-state index in [4.69, 9.17) is 16.3 Å². The highest BCUT2D eigenvalue weighted by Crippen LogP contribution is 2.19. The van der Waals surface area contributed by atoms with Gasteiger partial charge in [-0.25, -0.2) is 0 Å². The molecular weight excluding hydrogens is 321 g/mol. The zero-order valence-corrected chi connectivity index (χ0v) is 13.5. The fourth-order valence-electron chi connectivity index (χ4n) is 2.37. The Labute approximate surface area is 141 Å². The molecule has 5 heteroatoms. The lowest BCUT2D eigenvalue weighted by Gasteiger charge is -2.12. The van der Waals surface area contributed by atoms with Crippen molar-refractivity contribution in [3.05, 3.63) is 64.7 Å². The third-order valence-electron chi connectivity index (χ3n) is 3.54. The van der Waals surface area contributed by atoms with Gasteiger partial charge in [0.1, 0.15) is 11.9 Å². The molecule has 1 atom stereocenters. The second kappa shape index (κ2) is 7.63. The monoisotopic (exact) mass is 337 g/mol. The van der Waals surface area contributed by atoms with Crippen molar-refractivity contribution in [2.75, 3.05) is 13.1 Å². The molecule has 0 aliphatic carbocycles. The second-order valence-corrected chi connectivity index (χ2v) is 5.53. The number of benzene rings is 2. The number of rotatable bonds is 4. The Hall–Kier alpha value is -1.55. The summed E-state index contributed by atoms with van der Waals surface area (Å²) in [5, 5.41) is 3.88. The van der Waals surface area contributed by atoms with Crippen molar-refractivity contribution >= 4 is 29.8 Å². The van der Waals surface area contributed by atoms with Gasteiger partial charge in [-0.15, -0.1) is 12.4 Å². The van der Waals surface area contributed by atoms with Gasteiger partial charge in [0.15, 0.2) is 5.78 Å². The highest BCUT2D eigenvalue weighted by molar-refractivity contribution is 6.30. The second-order valence-electron chi connectivity index (χ2n) is 5.09. The third kappa shape index (κ3) is 4.01. The first kappa shape index (κ1) is 16.8. The summed E-state index contributed by atoms with van der Waals surface area (Å²) in [5.74, 6) is 0.789. The van der Waals surface area contributed by atoms with Crippen molar-refractivity contribution in [1.29, 1.82) is 0 Å². The van der Waals surface area contributed by atoms with Crippen LogP contribution >= 0.6 is 24.0 Å². The molecule has 0 saturated carbocycles. The highest BCUT2D eigenvalue weighted by atomic mass is 35.5. The molecule has 1 aliphatic heterocycles. The van der Waals surface area contributed by atoms with Crippen molar-refractivity contribution in [2.45, 2.75) is 12.5 Å². The summed E-state index contributed by atoms with van der Waals surface area (Å²) in [6, 6.07) is 14.2. The summed E-state index contributed by atoms with van der Waals surface area (Å²) in [5.41, 5.74) is 1.28. The largest absolute Gasteiger partial charge is 0.489 e. The predicted octanol–water partition coefficient (Wildman–Crippen LogP) is 3.73. The predicted molar refractivity (Wildman–Crippen MR) is 90.5 cm³/mol. The molecule has 0 amide bonds. The topological polar surface area (TPSA) is 38.3 Å². The van der Waals surface area contributed by atoms with Crippen LogP contribution in [0.2, 0.25) is 5.02 Å². The number of halogens is 2. The van der Waals surface area contributed by atoms with Crippen LogP contribution in [0.4, 0.5) is 0 Å². The van der Waals surface area contributed by atoms with Crippen LogP contribution in [0.5, 0.6) is 5.75 Å². The molecule has 1 aliphatic rings. The van der Waals surface area contributed by atoms with Crippen LogP contribution in [-0.2, 0) is 0 Å². The summed E-state index contributed by atoms with van der Waals surface area (Å²) < 4.78 is 5.84. The van der Waals surface area contributed by atoms with Crippen molar-refractivity contribution in [1.82, 2.24) is 5.32 Å². The van der Waals surface area contributed by atoms with Crippen LogP contribution in [0.1, 0.15) is 22.3 Å². The first-order chi connectivity index (χ1) is 10.2. The molecule has 1 fully saturated rings. The Bertz CT molecular complexity index is 620. The molecule has 2 aromatic rings. The van der Waals surface area contributed by atoms with Gasteiger partial charge >= 0.3 is 0 Å². The number of hydrogen-bond acceptors (Lipinski definition) is 3. The van der Waals surface area contributed by atoms with E-state index in [0.29, 0.717) is 16.1 Å². The smallest absolute Gasteiger partial charge is 0.193 e. The van der Waals surface area contributed by atoms with Gasteiger partial charge in [-0.05, 0) is 61.5 Å². The maximum absolute atomic E-state index is 12.3. The van der Waals surface area contributed by atoms with E-state index >= 15 is 0 Å². The Balaban J connectivity index is 0.00000176. The first-order valence-electron chi connectivity index (χ1n) is 7.00. The molecule has 1 N–H and O–H groups in total. The lowest BCUT2D eigenvalue weighted by atomic mass is 10.0. The summed E-state index contributed by atoms with van der Waals surface area (Å²) in [6.45, 7) is 1.88. The molecule has 0 spiro atoms. The molecule has 0 aromatic heterocycles. The van der Waals surface area contributed by atoms with E-state index in [0.717, 1.165) is 25.3 Å². The van der Waals surface area contributed by atoms with E-state index in [9.17, 15) is 4.79 Å². The maximum Gasteiger partial charge on any atom is 0.193 e. The van der Waals surface area contributed by atoms with Crippen molar-refractivity contribution in [2.24, 2.45) is 0 Å². The van der Waals surface area contributed by atoms with Crippen LogP contribution in [0.15, 0.2) is 48.5 Å². The molecule has 3 rings (SSSR count).